The van der Waals surface area contributed by atoms with Crippen molar-refractivity contribution in [2.24, 2.45) is 16.7 Å². The van der Waals surface area contributed by atoms with Gasteiger partial charge in [0.15, 0.2) is 5.84 Å². The number of benzene rings is 2. The van der Waals surface area contributed by atoms with Gasteiger partial charge in [0.1, 0.15) is 0 Å². The molecule has 1 heterocycles. The molecule has 0 saturated carbocycles. The van der Waals surface area contributed by atoms with Gasteiger partial charge in [0.05, 0.1) is 11.1 Å². The number of hydrazone groups is 1. The van der Waals surface area contributed by atoms with Gasteiger partial charge in [0, 0.05) is 26.2 Å². The number of fused-ring (bicyclic) bond motifs is 2. The summed E-state index contributed by atoms with van der Waals surface area (Å²) in [5.74, 6) is 5.27. The normalized spacial score (nSPS) is 21.6. The lowest BCUT2D eigenvalue weighted by Gasteiger charge is -2.38. The molecule has 1 aliphatic carbocycles. The SMILES string of the molecule is CN(C)c1ccc(C2=C(/C(N)=N/N)C(=O)NC3(CCc4ccccc43)C2)cc1. The Morgan fingerprint density at radius 1 is 1.14 bits per heavy atom. The zero-order valence-electron chi connectivity index (χ0n) is 16.2. The van der Waals surface area contributed by atoms with Crippen LogP contribution in [-0.2, 0) is 16.8 Å². The second-order valence-electron chi connectivity index (χ2n) is 7.68. The van der Waals surface area contributed by atoms with Crippen molar-refractivity contribution < 1.29 is 4.79 Å². The monoisotopic (exact) mass is 375 g/mol. The molecule has 1 aliphatic heterocycles. The lowest BCUT2D eigenvalue weighted by atomic mass is 9.77. The van der Waals surface area contributed by atoms with Crippen molar-refractivity contribution in [1.29, 1.82) is 0 Å². The van der Waals surface area contributed by atoms with Crippen LogP contribution in [0.25, 0.3) is 5.57 Å². The fourth-order valence-corrected chi connectivity index (χ4v) is 4.40. The van der Waals surface area contributed by atoms with Crippen molar-refractivity contribution in [3.63, 3.8) is 0 Å². The molecule has 0 saturated heterocycles. The lowest BCUT2D eigenvalue weighted by molar-refractivity contribution is -0.119. The van der Waals surface area contributed by atoms with Crippen LogP contribution in [0.15, 0.2) is 59.2 Å². The number of carbonyl (C=O) groups excluding carboxylic acids is 1. The highest BCUT2D eigenvalue weighted by Crippen LogP contribution is 2.46. The predicted molar refractivity (Wildman–Crippen MR) is 113 cm³/mol. The lowest BCUT2D eigenvalue weighted by Crippen LogP contribution is -2.50. The minimum atomic E-state index is -0.415. The maximum atomic E-state index is 13.1. The zero-order chi connectivity index (χ0) is 19.9. The van der Waals surface area contributed by atoms with E-state index in [1.165, 1.54) is 11.1 Å². The molecule has 6 nitrogen and oxygen atoms in total. The molecule has 1 amide bonds. The van der Waals surface area contributed by atoms with Crippen molar-refractivity contribution in [2.45, 2.75) is 24.8 Å². The third-order valence-corrected chi connectivity index (χ3v) is 5.84. The molecule has 2 aromatic carbocycles. The van der Waals surface area contributed by atoms with Crippen LogP contribution in [0.5, 0.6) is 0 Å². The van der Waals surface area contributed by atoms with Crippen molar-refractivity contribution in [3.8, 4) is 0 Å². The number of amidine groups is 1. The molecular weight excluding hydrogens is 350 g/mol. The first-order chi connectivity index (χ1) is 13.4. The number of anilines is 1. The fourth-order valence-electron chi connectivity index (χ4n) is 4.40. The van der Waals surface area contributed by atoms with E-state index in [1.807, 2.05) is 55.4 Å². The van der Waals surface area contributed by atoms with Gasteiger partial charge in [-0.15, -0.1) is 0 Å². The van der Waals surface area contributed by atoms with Gasteiger partial charge in [0.2, 0.25) is 0 Å². The molecule has 4 rings (SSSR count). The molecule has 0 radical (unpaired) electrons. The van der Waals surface area contributed by atoms with E-state index >= 15 is 0 Å². The van der Waals surface area contributed by atoms with Crippen molar-refractivity contribution in [1.82, 2.24) is 5.32 Å². The topological polar surface area (TPSA) is 96.7 Å². The van der Waals surface area contributed by atoms with Gasteiger partial charge in [-0.25, -0.2) is 0 Å². The summed E-state index contributed by atoms with van der Waals surface area (Å²) in [7, 11) is 3.99. The Kier molecular flexibility index (Phi) is 4.34. The first-order valence-electron chi connectivity index (χ1n) is 9.41. The summed E-state index contributed by atoms with van der Waals surface area (Å²) in [6.45, 7) is 0. The maximum Gasteiger partial charge on any atom is 0.256 e. The number of nitrogens with zero attached hydrogens (tertiary/aromatic N) is 2. The number of amides is 1. The predicted octanol–water partition coefficient (Wildman–Crippen LogP) is 2.10. The van der Waals surface area contributed by atoms with Crippen LogP contribution in [0.3, 0.4) is 0 Å². The summed E-state index contributed by atoms with van der Waals surface area (Å²) in [5.41, 5.74) is 11.4. The molecule has 2 aromatic rings. The largest absolute Gasteiger partial charge is 0.382 e. The van der Waals surface area contributed by atoms with E-state index < -0.39 is 5.54 Å². The van der Waals surface area contributed by atoms with Crippen LogP contribution in [0.4, 0.5) is 5.69 Å². The minimum Gasteiger partial charge on any atom is -0.382 e. The number of nitrogens with one attached hydrogen (secondary N) is 1. The summed E-state index contributed by atoms with van der Waals surface area (Å²) in [4.78, 5) is 15.2. The summed E-state index contributed by atoms with van der Waals surface area (Å²) >= 11 is 0. The van der Waals surface area contributed by atoms with Crippen LogP contribution in [0.1, 0.15) is 29.5 Å². The van der Waals surface area contributed by atoms with Crippen LogP contribution in [-0.4, -0.2) is 25.8 Å². The molecule has 28 heavy (non-hydrogen) atoms. The van der Waals surface area contributed by atoms with Crippen LogP contribution < -0.4 is 21.8 Å². The molecule has 0 bridgehead atoms. The second kappa shape index (κ2) is 6.71. The van der Waals surface area contributed by atoms with Gasteiger partial charge in [-0.3, -0.25) is 4.79 Å². The number of carbonyl (C=O) groups is 1. The van der Waals surface area contributed by atoms with Gasteiger partial charge >= 0.3 is 0 Å². The summed E-state index contributed by atoms with van der Waals surface area (Å²) in [6, 6.07) is 16.5. The minimum absolute atomic E-state index is 0.0605. The molecule has 1 atom stereocenters. The van der Waals surface area contributed by atoms with Gasteiger partial charge in [-0.1, -0.05) is 36.4 Å². The van der Waals surface area contributed by atoms with Crippen LogP contribution >= 0.6 is 0 Å². The first kappa shape index (κ1) is 18.1. The average Bonchev–Trinajstić information content (AvgIpc) is 3.05. The third kappa shape index (κ3) is 2.81. The van der Waals surface area contributed by atoms with Gasteiger partial charge < -0.3 is 21.8 Å². The van der Waals surface area contributed by atoms with Crippen molar-refractivity contribution in [2.75, 3.05) is 19.0 Å². The van der Waals surface area contributed by atoms with E-state index in [1.54, 1.807) is 0 Å². The van der Waals surface area contributed by atoms with E-state index in [0.717, 1.165) is 29.7 Å². The molecule has 6 heteroatoms. The van der Waals surface area contributed by atoms with Gasteiger partial charge in [-0.05, 0) is 47.2 Å². The van der Waals surface area contributed by atoms with Crippen molar-refractivity contribution in [3.05, 3.63) is 70.8 Å². The highest BCUT2D eigenvalue weighted by atomic mass is 16.2. The Morgan fingerprint density at radius 2 is 1.86 bits per heavy atom. The number of rotatable bonds is 3. The number of aryl methyl sites for hydroxylation is 1. The maximum absolute atomic E-state index is 13.1. The van der Waals surface area contributed by atoms with E-state index in [0.29, 0.717) is 12.0 Å². The molecule has 1 spiro atoms. The number of nitrogens with two attached hydrogens (primary N) is 2. The summed E-state index contributed by atoms with van der Waals surface area (Å²) < 4.78 is 0. The Hall–Kier alpha value is -3.28. The smallest absolute Gasteiger partial charge is 0.256 e. The first-order valence-corrected chi connectivity index (χ1v) is 9.41. The Morgan fingerprint density at radius 3 is 2.54 bits per heavy atom. The molecular formula is C22H25N5O. The molecule has 5 N–H and O–H groups in total. The molecule has 1 unspecified atom stereocenters. The van der Waals surface area contributed by atoms with Crippen LogP contribution in [0, 0.1) is 0 Å². The Labute approximate surface area is 164 Å². The van der Waals surface area contributed by atoms with Crippen LogP contribution in [0.2, 0.25) is 0 Å². The van der Waals surface area contributed by atoms with E-state index in [2.05, 4.69) is 22.6 Å². The summed E-state index contributed by atoms with van der Waals surface area (Å²) in [6.07, 6.45) is 2.46. The average molecular weight is 375 g/mol. The quantitative estimate of drug-likeness (QED) is 0.331. The molecule has 144 valence electrons. The fraction of sp³-hybridized carbons (Fsp3) is 0.273. The van der Waals surface area contributed by atoms with Gasteiger partial charge in [-0.2, -0.15) is 5.10 Å². The van der Waals surface area contributed by atoms with E-state index in [9.17, 15) is 4.79 Å². The highest BCUT2D eigenvalue weighted by molar-refractivity contribution is 6.26. The highest BCUT2D eigenvalue weighted by Gasteiger charge is 2.45. The summed E-state index contributed by atoms with van der Waals surface area (Å²) in [5, 5.41) is 6.83. The van der Waals surface area contributed by atoms with Crippen molar-refractivity contribution >= 4 is 23.0 Å². The standard InChI is InChI=1S/C22H25N5O/c1-27(2)16-9-7-14(8-10-16)17-13-22(25-21(28)19(17)20(23)26-24)12-11-15-5-3-4-6-18(15)22/h3-10H,11-13,24H2,1-2H3,(H2,23,26)(H,25,28). The number of hydrogen-bond donors (Lipinski definition) is 3. The third-order valence-electron chi connectivity index (χ3n) is 5.84. The Balaban J connectivity index is 1.85. The zero-order valence-corrected chi connectivity index (χ0v) is 16.2. The van der Waals surface area contributed by atoms with Gasteiger partial charge in [0.25, 0.3) is 5.91 Å². The number of hydrogen-bond acceptors (Lipinski definition) is 4. The molecule has 0 aromatic heterocycles. The molecule has 0 fully saturated rings. The molecule has 2 aliphatic rings. The van der Waals surface area contributed by atoms with E-state index in [4.69, 9.17) is 11.6 Å². The Bertz CT molecular complexity index is 990. The second-order valence-corrected chi connectivity index (χ2v) is 7.68. The van der Waals surface area contributed by atoms with E-state index in [-0.39, 0.29) is 11.7 Å².